The van der Waals surface area contributed by atoms with Crippen molar-refractivity contribution in [2.75, 3.05) is 12.8 Å². The SMILES string of the molecule is CC(C)(C)C#CCNS(C)(=O)=O. The molecule has 0 aliphatic heterocycles. The van der Waals surface area contributed by atoms with Gasteiger partial charge >= 0.3 is 0 Å². The molecule has 0 heterocycles. The second kappa shape index (κ2) is 3.92. The van der Waals surface area contributed by atoms with Gasteiger partial charge in [-0.05, 0) is 20.8 Å². The Bertz CT molecular complexity index is 287. The molecule has 0 aromatic rings. The van der Waals surface area contributed by atoms with Crippen LogP contribution in [0.3, 0.4) is 0 Å². The molecule has 0 atom stereocenters. The first kappa shape index (κ1) is 11.5. The molecule has 0 aliphatic rings. The fourth-order valence-electron chi connectivity index (χ4n) is 0.477. The summed E-state index contributed by atoms with van der Waals surface area (Å²) < 4.78 is 23.4. The molecule has 0 amide bonds. The molecular formula is C8H15NO2S. The van der Waals surface area contributed by atoms with Crippen molar-refractivity contribution in [3.63, 3.8) is 0 Å². The van der Waals surface area contributed by atoms with Gasteiger partial charge in [-0.2, -0.15) is 0 Å². The van der Waals surface area contributed by atoms with Crippen molar-refractivity contribution >= 4 is 10.0 Å². The zero-order valence-corrected chi connectivity index (χ0v) is 8.75. The van der Waals surface area contributed by atoms with Crippen LogP contribution in [0.5, 0.6) is 0 Å². The predicted octanol–water partition coefficient (Wildman–Crippen LogP) is 0.585. The van der Waals surface area contributed by atoms with Gasteiger partial charge in [0, 0.05) is 5.41 Å². The number of nitrogens with one attached hydrogen (secondary N) is 1. The van der Waals surface area contributed by atoms with E-state index in [2.05, 4.69) is 16.6 Å². The molecule has 0 aromatic carbocycles. The normalized spacial score (nSPS) is 12.0. The molecule has 0 unspecified atom stereocenters. The molecule has 0 bridgehead atoms. The highest BCUT2D eigenvalue weighted by Crippen LogP contribution is 2.09. The molecule has 0 rings (SSSR count). The van der Waals surface area contributed by atoms with E-state index >= 15 is 0 Å². The number of rotatable bonds is 2. The van der Waals surface area contributed by atoms with Gasteiger partial charge in [0.05, 0.1) is 12.8 Å². The molecule has 0 saturated carbocycles. The van der Waals surface area contributed by atoms with Crippen LogP contribution in [-0.4, -0.2) is 21.2 Å². The fourth-order valence-corrected chi connectivity index (χ4v) is 0.811. The molecule has 0 spiro atoms. The molecule has 4 heteroatoms. The number of sulfonamides is 1. The van der Waals surface area contributed by atoms with E-state index in [1.54, 1.807) is 0 Å². The molecule has 0 fully saturated rings. The molecule has 12 heavy (non-hydrogen) atoms. The van der Waals surface area contributed by atoms with Crippen LogP contribution in [0.4, 0.5) is 0 Å². The van der Waals surface area contributed by atoms with Crippen LogP contribution >= 0.6 is 0 Å². The summed E-state index contributed by atoms with van der Waals surface area (Å²) in [5.41, 5.74) is -0.0703. The Morgan fingerprint density at radius 3 is 2.17 bits per heavy atom. The van der Waals surface area contributed by atoms with Crippen LogP contribution in [0.2, 0.25) is 0 Å². The summed E-state index contributed by atoms with van der Waals surface area (Å²) in [5, 5.41) is 0. The third-order valence-corrected chi connectivity index (χ3v) is 1.55. The quantitative estimate of drug-likeness (QED) is 0.646. The molecule has 70 valence electrons. The first-order valence-electron chi connectivity index (χ1n) is 3.65. The van der Waals surface area contributed by atoms with Crippen molar-refractivity contribution in [3.8, 4) is 11.8 Å². The van der Waals surface area contributed by atoms with E-state index in [4.69, 9.17) is 0 Å². The van der Waals surface area contributed by atoms with Gasteiger partial charge < -0.3 is 0 Å². The third kappa shape index (κ3) is 9.47. The number of hydrogen-bond acceptors (Lipinski definition) is 2. The lowest BCUT2D eigenvalue weighted by atomic mass is 9.98. The Labute approximate surface area is 74.6 Å². The maximum atomic E-state index is 10.6. The van der Waals surface area contributed by atoms with Gasteiger partial charge in [0.2, 0.25) is 10.0 Å². The molecule has 0 aromatic heterocycles. The van der Waals surface area contributed by atoms with E-state index in [1.807, 2.05) is 20.8 Å². The van der Waals surface area contributed by atoms with Gasteiger partial charge in [0.15, 0.2) is 0 Å². The summed E-state index contributed by atoms with van der Waals surface area (Å²) in [7, 11) is -3.09. The molecule has 3 nitrogen and oxygen atoms in total. The minimum atomic E-state index is -3.09. The topological polar surface area (TPSA) is 46.2 Å². The van der Waals surface area contributed by atoms with Crippen molar-refractivity contribution in [2.24, 2.45) is 5.41 Å². The van der Waals surface area contributed by atoms with Crippen molar-refractivity contribution in [1.29, 1.82) is 0 Å². The smallest absolute Gasteiger partial charge is 0.209 e. The van der Waals surface area contributed by atoms with Gasteiger partial charge in [-0.1, -0.05) is 11.8 Å². The zero-order chi connectivity index (χ0) is 9.83. The Hall–Kier alpha value is -0.530. The summed E-state index contributed by atoms with van der Waals surface area (Å²) in [6, 6.07) is 0. The van der Waals surface area contributed by atoms with E-state index in [0.717, 1.165) is 6.26 Å². The van der Waals surface area contributed by atoms with E-state index in [0.29, 0.717) is 0 Å². The fraction of sp³-hybridized carbons (Fsp3) is 0.750. The van der Waals surface area contributed by atoms with E-state index in [1.165, 1.54) is 0 Å². The maximum Gasteiger partial charge on any atom is 0.209 e. The molecule has 1 N–H and O–H groups in total. The average Bonchev–Trinajstić information content (AvgIpc) is 1.76. The minimum Gasteiger partial charge on any atom is -0.213 e. The van der Waals surface area contributed by atoms with Crippen LogP contribution in [0.1, 0.15) is 20.8 Å². The van der Waals surface area contributed by atoms with E-state index in [9.17, 15) is 8.42 Å². The summed E-state index contributed by atoms with van der Waals surface area (Å²) in [4.78, 5) is 0. The van der Waals surface area contributed by atoms with Gasteiger partial charge in [-0.3, -0.25) is 0 Å². The highest BCUT2D eigenvalue weighted by molar-refractivity contribution is 7.88. The summed E-state index contributed by atoms with van der Waals surface area (Å²) in [6.45, 7) is 6.11. The Balaban J connectivity index is 3.92. The van der Waals surface area contributed by atoms with Crippen molar-refractivity contribution in [3.05, 3.63) is 0 Å². The van der Waals surface area contributed by atoms with Crippen LogP contribution in [0, 0.1) is 17.3 Å². The second-order valence-corrected chi connectivity index (χ2v) is 5.48. The summed E-state index contributed by atoms with van der Waals surface area (Å²) >= 11 is 0. The Morgan fingerprint density at radius 2 is 1.83 bits per heavy atom. The lowest BCUT2D eigenvalue weighted by Gasteiger charge is -2.06. The highest BCUT2D eigenvalue weighted by atomic mass is 32.2. The van der Waals surface area contributed by atoms with Crippen LogP contribution in [-0.2, 0) is 10.0 Å². The van der Waals surface area contributed by atoms with Gasteiger partial charge in [0.25, 0.3) is 0 Å². The predicted molar refractivity (Wildman–Crippen MR) is 50.1 cm³/mol. The van der Waals surface area contributed by atoms with Crippen LogP contribution in [0.25, 0.3) is 0 Å². The first-order chi connectivity index (χ1) is 5.21. The van der Waals surface area contributed by atoms with Gasteiger partial charge in [-0.25, -0.2) is 13.1 Å². The third-order valence-electron chi connectivity index (χ3n) is 0.886. The molecule has 0 saturated heterocycles. The monoisotopic (exact) mass is 189 g/mol. The maximum absolute atomic E-state index is 10.6. The van der Waals surface area contributed by atoms with Crippen molar-refractivity contribution in [2.45, 2.75) is 20.8 Å². The zero-order valence-electron chi connectivity index (χ0n) is 7.93. The Kier molecular flexibility index (Phi) is 3.75. The molecule has 0 radical (unpaired) electrons. The van der Waals surface area contributed by atoms with E-state index < -0.39 is 10.0 Å². The lowest BCUT2D eigenvalue weighted by Crippen LogP contribution is -2.22. The first-order valence-corrected chi connectivity index (χ1v) is 5.54. The Morgan fingerprint density at radius 1 is 1.33 bits per heavy atom. The number of hydrogen-bond donors (Lipinski definition) is 1. The van der Waals surface area contributed by atoms with Gasteiger partial charge in [0.1, 0.15) is 0 Å². The largest absolute Gasteiger partial charge is 0.213 e. The lowest BCUT2D eigenvalue weighted by molar-refractivity contribution is 0.569. The summed E-state index contributed by atoms with van der Waals surface area (Å²) in [6.07, 6.45) is 1.12. The summed E-state index contributed by atoms with van der Waals surface area (Å²) in [5.74, 6) is 5.66. The van der Waals surface area contributed by atoms with Crippen LogP contribution in [0.15, 0.2) is 0 Å². The van der Waals surface area contributed by atoms with Crippen molar-refractivity contribution in [1.82, 2.24) is 4.72 Å². The second-order valence-electron chi connectivity index (χ2n) is 3.65. The van der Waals surface area contributed by atoms with Crippen molar-refractivity contribution < 1.29 is 8.42 Å². The average molecular weight is 189 g/mol. The minimum absolute atomic E-state index is 0.0703. The van der Waals surface area contributed by atoms with E-state index in [-0.39, 0.29) is 12.0 Å². The van der Waals surface area contributed by atoms with Crippen LogP contribution < -0.4 is 4.72 Å². The standard InChI is InChI=1S/C8H15NO2S/c1-8(2,3)6-5-7-9-12(4,10)11/h9H,7H2,1-4H3. The highest BCUT2D eigenvalue weighted by Gasteiger charge is 2.03. The van der Waals surface area contributed by atoms with Gasteiger partial charge in [-0.15, -0.1) is 0 Å². The molecular weight excluding hydrogens is 174 g/mol. The molecule has 0 aliphatic carbocycles.